The predicted octanol–water partition coefficient (Wildman–Crippen LogP) is 2.44. The number of hydrogen-bond donors (Lipinski definition) is 4. The third-order valence-electron chi connectivity index (χ3n) is 6.44. The second-order valence-electron chi connectivity index (χ2n) is 8.88. The minimum Gasteiger partial charge on any atom is -0.481 e. The molecule has 0 aliphatic heterocycles. The summed E-state index contributed by atoms with van der Waals surface area (Å²) in [7, 11) is 0. The van der Waals surface area contributed by atoms with Gasteiger partial charge in [-0.3, -0.25) is 9.59 Å². The summed E-state index contributed by atoms with van der Waals surface area (Å²) in [4.78, 5) is 23.1. The molecule has 0 spiro atoms. The Hall–Kier alpha value is -1.70. The van der Waals surface area contributed by atoms with E-state index in [1.165, 1.54) is 0 Å². The fraction of sp³-hybridized carbons (Fsp3) is 0.739. The van der Waals surface area contributed by atoms with Crippen LogP contribution in [-0.2, 0) is 14.3 Å². The summed E-state index contributed by atoms with van der Waals surface area (Å²) in [5.74, 6) is -1.31. The molecule has 2 aliphatic rings. The third-order valence-corrected chi connectivity index (χ3v) is 6.44. The molecular weight excluding hydrogens is 388 g/mol. The van der Waals surface area contributed by atoms with Gasteiger partial charge in [-0.05, 0) is 43.1 Å². The first kappa shape index (κ1) is 24.6. The summed E-state index contributed by atoms with van der Waals surface area (Å²) < 4.78 is 5.84. The summed E-state index contributed by atoms with van der Waals surface area (Å²) in [5.41, 5.74) is 0.958. The van der Waals surface area contributed by atoms with Crippen molar-refractivity contribution in [1.82, 2.24) is 0 Å². The van der Waals surface area contributed by atoms with Crippen LogP contribution in [0.25, 0.3) is 0 Å². The van der Waals surface area contributed by atoms with Crippen molar-refractivity contribution in [3.8, 4) is 0 Å². The van der Waals surface area contributed by atoms with Crippen LogP contribution in [0.4, 0.5) is 0 Å². The van der Waals surface area contributed by atoms with Crippen LogP contribution in [-0.4, -0.2) is 56.8 Å². The van der Waals surface area contributed by atoms with E-state index in [9.17, 15) is 24.9 Å². The first-order chi connectivity index (χ1) is 14.1. The van der Waals surface area contributed by atoms with Gasteiger partial charge in [-0.2, -0.15) is 0 Å². The Labute approximate surface area is 178 Å². The van der Waals surface area contributed by atoms with Crippen molar-refractivity contribution in [2.45, 2.75) is 83.7 Å². The smallest absolute Gasteiger partial charge is 0.308 e. The molecule has 0 aromatic carbocycles. The SMILES string of the molecule is CC[C@H](C)C(=O)OC1C[C@H](O)C=C2C=C[C@H](C)[C@H](CC[C@@H](O)C[C@@H](O)CC(=O)O)[C@H]21. The first-order valence-electron chi connectivity index (χ1n) is 11.0. The molecule has 1 unspecified atom stereocenters. The van der Waals surface area contributed by atoms with Crippen LogP contribution < -0.4 is 0 Å². The van der Waals surface area contributed by atoms with Gasteiger partial charge in [0.1, 0.15) is 6.10 Å². The van der Waals surface area contributed by atoms with Crippen LogP contribution >= 0.6 is 0 Å². The minimum atomic E-state index is -1.10. The number of carboxylic acids is 1. The summed E-state index contributed by atoms with van der Waals surface area (Å²) in [6.07, 6.45) is 4.64. The fourth-order valence-corrected chi connectivity index (χ4v) is 4.52. The van der Waals surface area contributed by atoms with Gasteiger partial charge in [-0.25, -0.2) is 0 Å². The molecule has 0 amide bonds. The lowest BCUT2D eigenvalue weighted by molar-refractivity contribution is -0.159. The van der Waals surface area contributed by atoms with E-state index in [0.29, 0.717) is 25.7 Å². The van der Waals surface area contributed by atoms with Crippen molar-refractivity contribution < 1.29 is 34.8 Å². The van der Waals surface area contributed by atoms with Crippen molar-refractivity contribution in [3.63, 3.8) is 0 Å². The normalized spacial score (nSPS) is 31.3. The Morgan fingerprint density at radius 3 is 2.60 bits per heavy atom. The van der Waals surface area contributed by atoms with Crippen molar-refractivity contribution in [2.24, 2.45) is 23.7 Å². The van der Waals surface area contributed by atoms with Gasteiger partial charge in [-0.15, -0.1) is 0 Å². The van der Waals surface area contributed by atoms with E-state index in [0.717, 1.165) is 5.57 Å². The molecule has 0 radical (unpaired) electrons. The van der Waals surface area contributed by atoms with Gasteiger partial charge in [-0.1, -0.05) is 39.0 Å². The molecule has 0 saturated carbocycles. The van der Waals surface area contributed by atoms with Crippen LogP contribution in [0.5, 0.6) is 0 Å². The van der Waals surface area contributed by atoms with E-state index in [2.05, 4.69) is 13.0 Å². The summed E-state index contributed by atoms with van der Waals surface area (Å²) in [6, 6.07) is 0. The second-order valence-corrected chi connectivity index (χ2v) is 8.88. The maximum atomic E-state index is 12.4. The third kappa shape index (κ3) is 6.65. The highest BCUT2D eigenvalue weighted by atomic mass is 16.5. The lowest BCUT2D eigenvalue weighted by atomic mass is 9.66. The van der Waals surface area contributed by atoms with Gasteiger partial charge < -0.3 is 25.2 Å². The van der Waals surface area contributed by atoms with E-state index in [-0.39, 0.29) is 42.5 Å². The van der Waals surface area contributed by atoms with Gasteiger partial charge in [0.05, 0.1) is 30.7 Å². The van der Waals surface area contributed by atoms with Crippen molar-refractivity contribution in [1.29, 1.82) is 0 Å². The number of carbonyl (C=O) groups excluding carboxylic acids is 1. The maximum absolute atomic E-state index is 12.4. The molecule has 2 aliphatic carbocycles. The van der Waals surface area contributed by atoms with Crippen LogP contribution in [0.3, 0.4) is 0 Å². The maximum Gasteiger partial charge on any atom is 0.308 e. The van der Waals surface area contributed by atoms with E-state index in [1.54, 1.807) is 0 Å². The van der Waals surface area contributed by atoms with Gasteiger partial charge in [0, 0.05) is 12.3 Å². The average molecular weight is 425 g/mol. The number of esters is 1. The van der Waals surface area contributed by atoms with Gasteiger partial charge in [0.15, 0.2) is 0 Å². The van der Waals surface area contributed by atoms with Crippen molar-refractivity contribution >= 4 is 11.9 Å². The molecule has 0 bridgehead atoms. The number of rotatable bonds is 10. The molecule has 30 heavy (non-hydrogen) atoms. The topological polar surface area (TPSA) is 124 Å². The van der Waals surface area contributed by atoms with Crippen LogP contribution in [0.15, 0.2) is 23.8 Å². The van der Waals surface area contributed by atoms with E-state index < -0.39 is 30.4 Å². The first-order valence-corrected chi connectivity index (χ1v) is 11.0. The zero-order valence-electron chi connectivity index (χ0n) is 18.1. The second kappa shape index (κ2) is 11.1. The number of hydrogen-bond acceptors (Lipinski definition) is 6. The van der Waals surface area contributed by atoms with E-state index >= 15 is 0 Å². The van der Waals surface area contributed by atoms with Gasteiger partial charge in [0.2, 0.25) is 0 Å². The highest BCUT2D eigenvalue weighted by Crippen LogP contribution is 2.44. The number of carbonyl (C=O) groups is 2. The monoisotopic (exact) mass is 424 g/mol. The number of aliphatic hydroxyl groups excluding tert-OH is 3. The molecule has 4 N–H and O–H groups in total. The Balaban J connectivity index is 2.09. The van der Waals surface area contributed by atoms with Crippen LogP contribution in [0, 0.1) is 23.7 Å². The zero-order valence-corrected chi connectivity index (χ0v) is 18.1. The zero-order chi connectivity index (χ0) is 22.4. The number of carboxylic acid groups (broad SMARTS) is 1. The van der Waals surface area contributed by atoms with E-state index in [4.69, 9.17) is 9.84 Å². The Bertz CT molecular complexity index is 656. The average Bonchev–Trinajstić information content (AvgIpc) is 2.65. The molecule has 170 valence electrons. The molecule has 0 aromatic rings. The fourth-order valence-electron chi connectivity index (χ4n) is 4.52. The molecule has 0 saturated heterocycles. The van der Waals surface area contributed by atoms with Crippen molar-refractivity contribution in [3.05, 3.63) is 23.8 Å². The lowest BCUT2D eigenvalue weighted by Crippen LogP contribution is -2.43. The quantitative estimate of drug-likeness (QED) is 0.397. The standard InChI is InChI=1S/C23H36O7/c1-4-13(2)23(29)30-20-11-17(25)9-15-6-5-14(3)19(22(15)20)8-7-16(24)10-18(26)12-21(27)28/h5-6,9,13-14,16-20,22,24-26H,4,7-8,10-12H2,1-3H3,(H,27,28)/t13-,14-,16+,17+,18+,19-,20?,22-/m0/s1. The van der Waals surface area contributed by atoms with Gasteiger partial charge in [0.25, 0.3) is 0 Å². The number of allylic oxidation sites excluding steroid dienone is 2. The molecule has 0 fully saturated rings. The van der Waals surface area contributed by atoms with E-state index in [1.807, 2.05) is 26.0 Å². The lowest BCUT2D eigenvalue weighted by Gasteiger charge is -2.43. The largest absolute Gasteiger partial charge is 0.481 e. The Kier molecular flexibility index (Phi) is 9.07. The van der Waals surface area contributed by atoms with Gasteiger partial charge >= 0.3 is 11.9 Å². The summed E-state index contributed by atoms with van der Waals surface area (Å²) in [5, 5.41) is 39.1. The molecule has 8 atom stereocenters. The predicted molar refractivity (Wildman–Crippen MR) is 111 cm³/mol. The molecule has 0 aromatic heterocycles. The summed E-state index contributed by atoms with van der Waals surface area (Å²) in [6.45, 7) is 5.85. The Morgan fingerprint density at radius 1 is 1.27 bits per heavy atom. The van der Waals surface area contributed by atoms with Crippen molar-refractivity contribution in [2.75, 3.05) is 0 Å². The molecular formula is C23H36O7. The molecule has 2 rings (SSSR count). The number of aliphatic carboxylic acids is 1. The number of aliphatic hydroxyl groups is 3. The van der Waals surface area contributed by atoms with Crippen LogP contribution in [0.2, 0.25) is 0 Å². The number of ether oxygens (including phenoxy) is 1. The molecule has 7 heteroatoms. The van der Waals surface area contributed by atoms with Crippen LogP contribution in [0.1, 0.15) is 59.3 Å². The highest BCUT2D eigenvalue weighted by Gasteiger charge is 2.42. The molecule has 7 nitrogen and oxygen atoms in total. The summed E-state index contributed by atoms with van der Waals surface area (Å²) >= 11 is 0. The minimum absolute atomic E-state index is 0.0156. The highest BCUT2D eigenvalue weighted by molar-refractivity contribution is 5.72. The number of fused-ring (bicyclic) bond motifs is 1. The molecule has 0 heterocycles. The Morgan fingerprint density at radius 2 is 1.97 bits per heavy atom.